The highest BCUT2D eigenvalue weighted by molar-refractivity contribution is 6.43. The highest BCUT2D eigenvalue weighted by Gasteiger charge is 2.14. The van der Waals surface area contributed by atoms with Crippen molar-refractivity contribution in [2.75, 3.05) is 5.73 Å². The Balaban J connectivity index is 2.37. The van der Waals surface area contributed by atoms with E-state index in [9.17, 15) is 0 Å². The number of hydrogen-bond acceptors (Lipinski definition) is 2. The van der Waals surface area contributed by atoms with Crippen LogP contribution in [0.15, 0.2) is 30.3 Å². The van der Waals surface area contributed by atoms with E-state index in [0.717, 1.165) is 16.6 Å². The Kier molecular flexibility index (Phi) is 3.28. The van der Waals surface area contributed by atoms with Gasteiger partial charge in [0.1, 0.15) is 0 Å². The molecule has 0 saturated heterocycles. The Morgan fingerprint density at radius 3 is 2.45 bits per heavy atom. The maximum Gasteiger partial charge on any atom is 0.205 e. The molecule has 0 radical (unpaired) electrons. The van der Waals surface area contributed by atoms with Crippen molar-refractivity contribution in [3.63, 3.8) is 0 Å². The highest BCUT2D eigenvalue weighted by atomic mass is 35.5. The number of nitrogens with zero attached hydrogens (tertiary/aromatic N) is 2. The van der Waals surface area contributed by atoms with E-state index in [1.807, 2.05) is 25.1 Å². The van der Waals surface area contributed by atoms with Crippen LogP contribution in [0.4, 0.5) is 5.95 Å². The van der Waals surface area contributed by atoms with Crippen molar-refractivity contribution >= 4 is 51.8 Å². The molecule has 0 amide bonds. The van der Waals surface area contributed by atoms with Crippen molar-refractivity contribution in [1.29, 1.82) is 0 Å². The largest absolute Gasteiger partial charge is 0.369 e. The average molecular weight is 327 g/mol. The minimum atomic E-state index is 0.353. The van der Waals surface area contributed by atoms with Gasteiger partial charge < -0.3 is 5.73 Å². The molecule has 3 aromatic rings. The number of rotatable bonds is 1. The fraction of sp³-hybridized carbons (Fsp3) is 0.0714. The van der Waals surface area contributed by atoms with Crippen molar-refractivity contribution in [1.82, 2.24) is 9.55 Å². The summed E-state index contributed by atoms with van der Waals surface area (Å²) in [6.45, 7) is 2.00. The molecular formula is C14H10Cl3N3. The van der Waals surface area contributed by atoms with E-state index in [-0.39, 0.29) is 0 Å². The smallest absolute Gasteiger partial charge is 0.205 e. The van der Waals surface area contributed by atoms with Crippen molar-refractivity contribution in [3.8, 4) is 5.69 Å². The van der Waals surface area contributed by atoms with E-state index < -0.39 is 0 Å². The summed E-state index contributed by atoms with van der Waals surface area (Å²) in [6, 6.07) is 9.18. The first-order valence-corrected chi connectivity index (χ1v) is 7.00. The van der Waals surface area contributed by atoms with E-state index in [0.29, 0.717) is 26.7 Å². The third-order valence-electron chi connectivity index (χ3n) is 3.07. The molecule has 0 aliphatic heterocycles. The highest BCUT2D eigenvalue weighted by Crippen LogP contribution is 2.34. The minimum absolute atomic E-state index is 0.353. The second kappa shape index (κ2) is 4.85. The van der Waals surface area contributed by atoms with Crippen molar-refractivity contribution < 1.29 is 0 Å². The van der Waals surface area contributed by atoms with Gasteiger partial charge in [0.05, 0.1) is 31.8 Å². The number of nitrogens with two attached hydrogens (primary N) is 1. The quantitative estimate of drug-likeness (QED) is 0.648. The number of hydrogen-bond donors (Lipinski definition) is 1. The first-order chi connectivity index (χ1) is 9.47. The number of nitrogen functional groups attached to an aromatic ring is 1. The van der Waals surface area contributed by atoms with Crippen LogP contribution in [0.1, 0.15) is 5.56 Å². The Labute approximate surface area is 130 Å². The lowest BCUT2D eigenvalue weighted by Gasteiger charge is -2.10. The molecule has 0 bridgehead atoms. The predicted octanol–water partition coefficient (Wildman–Crippen LogP) is 4.88. The molecule has 102 valence electrons. The van der Waals surface area contributed by atoms with Crippen LogP contribution in [0, 0.1) is 6.92 Å². The lowest BCUT2D eigenvalue weighted by Crippen LogP contribution is -2.01. The Hall–Kier alpha value is -1.42. The SMILES string of the molecule is Cc1ccc2nc(N)n(-c3cc(Cl)c(Cl)cc3Cl)c2c1. The van der Waals surface area contributed by atoms with Gasteiger partial charge in [0.2, 0.25) is 5.95 Å². The second-order valence-electron chi connectivity index (χ2n) is 4.52. The van der Waals surface area contributed by atoms with Crippen LogP contribution in [0.3, 0.4) is 0 Å². The number of aromatic nitrogens is 2. The maximum atomic E-state index is 6.26. The molecule has 2 aromatic carbocycles. The Morgan fingerprint density at radius 2 is 1.70 bits per heavy atom. The predicted molar refractivity (Wildman–Crippen MR) is 85.2 cm³/mol. The molecule has 0 fully saturated rings. The van der Waals surface area contributed by atoms with Crippen LogP contribution in [0.5, 0.6) is 0 Å². The Morgan fingerprint density at radius 1 is 1.00 bits per heavy atom. The van der Waals surface area contributed by atoms with Crippen LogP contribution in [-0.4, -0.2) is 9.55 Å². The van der Waals surface area contributed by atoms with Gasteiger partial charge in [-0.25, -0.2) is 4.98 Å². The van der Waals surface area contributed by atoms with Crippen LogP contribution >= 0.6 is 34.8 Å². The van der Waals surface area contributed by atoms with Gasteiger partial charge in [-0.2, -0.15) is 0 Å². The number of benzene rings is 2. The minimum Gasteiger partial charge on any atom is -0.369 e. The molecule has 1 heterocycles. The summed E-state index contributed by atoms with van der Waals surface area (Å²) in [7, 11) is 0. The molecule has 0 atom stereocenters. The van der Waals surface area contributed by atoms with Gasteiger partial charge in [0, 0.05) is 0 Å². The van der Waals surface area contributed by atoms with E-state index >= 15 is 0 Å². The van der Waals surface area contributed by atoms with Crippen molar-refractivity contribution in [2.24, 2.45) is 0 Å². The van der Waals surface area contributed by atoms with Crippen molar-refractivity contribution in [2.45, 2.75) is 6.92 Å². The number of anilines is 1. The van der Waals surface area contributed by atoms with Crippen LogP contribution in [0.2, 0.25) is 15.1 Å². The molecule has 3 nitrogen and oxygen atoms in total. The van der Waals surface area contributed by atoms with Crippen LogP contribution < -0.4 is 5.73 Å². The molecular weight excluding hydrogens is 317 g/mol. The summed E-state index contributed by atoms with van der Waals surface area (Å²) in [5, 5.41) is 1.28. The molecule has 3 rings (SSSR count). The summed E-state index contributed by atoms with van der Waals surface area (Å²) >= 11 is 18.3. The van der Waals surface area contributed by atoms with E-state index in [1.165, 1.54) is 0 Å². The third-order valence-corrected chi connectivity index (χ3v) is 4.09. The molecule has 0 aliphatic rings. The molecule has 0 unspecified atom stereocenters. The fourth-order valence-corrected chi connectivity index (χ4v) is 2.77. The zero-order chi connectivity index (χ0) is 14.4. The standard InChI is InChI=1S/C14H10Cl3N3/c1-7-2-3-11-13(4-7)20(14(18)19-11)12-6-9(16)8(15)5-10(12)17/h2-6H,1H3,(H2,18,19). The molecule has 0 aliphatic carbocycles. The van der Waals surface area contributed by atoms with Crippen molar-refractivity contribution in [3.05, 3.63) is 51.0 Å². The fourth-order valence-electron chi connectivity index (χ4n) is 2.14. The van der Waals surface area contributed by atoms with Gasteiger partial charge in [0.15, 0.2) is 0 Å². The first-order valence-electron chi connectivity index (χ1n) is 5.87. The Bertz CT molecular complexity index is 824. The van der Waals surface area contributed by atoms with Gasteiger partial charge >= 0.3 is 0 Å². The maximum absolute atomic E-state index is 6.26. The van der Waals surface area contributed by atoms with Gasteiger partial charge in [-0.3, -0.25) is 4.57 Å². The molecule has 20 heavy (non-hydrogen) atoms. The lowest BCUT2D eigenvalue weighted by atomic mass is 10.2. The number of fused-ring (bicyclic) bond motifs is 1. The van der Waals surface area contributed by atoms with Gasteiger partial charge in [-0.15, -0.1) is 0 Å². The van der Waals surface area contributed by atoms with E-state index in [4.69, 9.17) is 40.5 Å². The van der Waals surface area contributed by atoms with Gasteiger partial charge in [0.25, 0.3) is 0 Å². The lowest BCUT2D eigenvalue weighted by molar-refractivity contribution is 1.11. The van der Waals surface area contributed by atoms with Crippen LogP contribution in [0.25, 0.3) is 16.7 Å². The summed E-state index contributed by atoms with van der Waals surface area (Å²) < 4.78 is 1.77. The summed E-state index contributed by atoms with van der Waals surface area (Å²) in [4.78, 5) is 4.33. The third kappa shape index (κ3) is 2.12. The average Bonchev–Trinajstić information content (AvgIpc) is 2.69. The zero-order valence-electron chi connectivity index (χ0n) is 10.5. The van der Waals surface area contributed by atoms with E-state index in [1.54, 1.807) is 16.7 Å². The molecule has 2 N–H and O–H groups in total. The summed E-state index contributed by atoms with van der Waals surface area (Å²) in [5.74, 6) is 0.353. The van der Waals surface area contributed by atoms with Crippen LogP contribution in [-0.2, 0) is 0 Å². The molecule has 0 saturated carbocycles. The normalized spacial score (nSPS) is 11.2. The van der Waals surface area contributed by atoms with E-state index in [2.05, 4.69) is 4.98 Å². The zero-order valence-corrected chi connectivity index (χ0v) is 12.8. The summed E-state index contributed by atoms with van der Waals surface area (Å²) in [5.41, 5.74) is 9.45. The molecule has 6 heteroatoms. The van der Waals surface area contributed by atoms with Gasteiger partial charge in [-0.1, -0.05) is 40.9 Å². The number of halogens is 3. The first kappa shape index (κ1) is 13.6. The molecule has 1 aromatic heterocycles. The number of imidazole rings is 1. The second-order valence-corrected chi connectivity index (χ2v) is 5.74. The molecule has 0 spiro atoms. The topological polar surface area (TPSA) is 43.8 Å². The number of aryl methyl sites for hydroxylation is 1. The summed E-state index contributed by atoms with van der Waals surface area (Å²) in [6.07, 6.45) is 0. The monoisotopic (exact) mass is 325 g/mol. The van der Waals surface area contributed by atoms with Gasteiger partial charge in [-0.05, 0) is 36.8 Å².